The second-order valence-electron chi connectivity index (χ2n) is 7.90. The molecule has 0 radical (unpaired) electrons. The predicted octanol–water partition coefficient (Wildman–Crippen LogP) is 6.90. The smallest absolute Gasteiger partial charge is 0.197 e. The Labute approximate surface area is 200 Å². The summed E-state index contributed by atoms with van der Waals surface area (Å²) < 4.78 is 46.0. The molecular weight excluding hydrogens is 450 g/mol. The molecular formula is C29H20F2O4. The van der Waals surface area contributed by atoms with E-state index in [9.17, 15) is 13.6 Å². The summed E-state index contributed by atoms with van der Waals surface area (Å²) in [4.78, 5) is 13.1. The van der Waals surface area contributed by atoms with Crippen LogP contribution in [-0.2, 0) is 13.2 Å². The molecule has 0 aliphatic heterocycles. The van der Waals surface area contributed by atoms with Crippen molar-refractivity contribution in [3.63, 3.8) is 0 Å². The fourth-order valence-electron chi connectivity index (χ4n) is 3.72. The predicted molar refractivity (Wildman–Crippen MR) is 129 cm³/mol. The van der Waals surface area contributed by atoms with Crippen LogP contribution < -0.4 is 14.9 Å². The van der Waals surface area contributed by atoms with Gasteiger partial charge >= 0.3 is 0 Å². The molecule has 0 atom stereocenters. The van der Waals surface area contributed by atoms with E-state index < -0.39 is 5.82 Å². The maximum Gasteiger partial charge on any atom is 0.197 e. The SMILES string of the molecule is O=c1cc(-c2ccccc2)oc2cc(OCc3ccccc3F)cc(OCc3ccccc3F)c12. The van der Waals surface area contributed by atoms with Gasteiger partial charge in [0.05, 0.1) is 0 Å². The highest BCUT2D eigenvalue weighted by Crippen LogP contribution is 2.33. The first-order valence-corrected chi connectivity index (χ1v) is 11.0. The van der Waals surface area contributed by atoms with E-state index in [0.717, 1.165) is 5.56 Å². The lowest BCUT2D eigenvalue weighted by Gasteiger charge is -2.13. The number of halogens is 2. The van der Waals surface area contributed by atoms with E-state index in [4.69, 9.17) is 13.9 Å². The number of rotatable bonds is 7. The molecule has 0 saturated heterocycles. The van der Waals surface area contributed by atoms with Crippen molar-refractivity contribution in [2.75, 3.05) is 0 Å². The van der Waals surface area contributed by atoms with Crippen LogP contribution in [0.1, 0.15) is 11.1 Å². The van der Waals surface area contributed by atoms with E-state index >= 15 is 0 Å². The van der Waals surface area contributed by atoms with E-state index in [-0.39, 0.29) is 41.2 Å². The molecule has 5 aromatic rings. The van der Waals surface area contributed by atoms with E-state index in [2.05, 4.69) is 0 Å². The Kier molecular flexibility index (Phi) is 6.26. The number of benzene rings is 4. The molecule has 0 spiro atoms. The van der Waals surface area contributed by atoms with Crippen LogP contribution in [0.2, 0.25) is 0 Å². The summed E-state index contributed by atoms with van der Waals surface area (Å²) in [5, 5.41) is 0.208. The van der Waals surface area contributed by atoms with Crippen molar-refractivity contribution in [2.24, 2.45) is 0 Å². The minimum absolute atomic E-state index is 0.0342. The quantitative estimate of drug-likeness (QED) is 0.260. The average molecular weight is 470 g/mol. The highest BCUT2D eigenvalue weighted by Gasteiger charge is 2.16. The van der Waals surface area contributed by atoms with Crippen LogP contribution in [0.15, 0.2) is 106 Å². The maximum absolute atomic E-state index is 14.1. The monoisotopic (exact) mass is 470 g/mol. The topological polar surface area (TPSA) is 48.7 Å². The van der Waals surface area contributed by atoms with Crippen LogP contribution in [0, 0.1) is 11.6 Å². The van der Waals surface area contributed by atoms with Gasteiger partial charge in [0.1, 0.15) is 53.1 Å². The first-order chi connectivity index (χ1) is 17.1. The summed E-state index contributed by atoms with van der Waals surface area (Å²) in [6, 6.07) is 26.2. The zero-order chi connectivity index (χ0) is 24.2. The van der Waals surface area contributed by atoms with Gasteiger partial charge in [0.15, 0.2) is 5.43 Å². The molecule has 1 heterocycles. The summed E-state index contributed by atoms with van der Waals surface area (Å²) in [6.45, 7) is -0.133. The minimum atomic E-state index is -0.415. The zero-order valence-electron chi connectivity index (χ0n) is 18.5. The Balaban J connectivity index is 1.56. The molecule has 4 aromatic carbocycles. The molecule has 0 aliphatic carbocycles. The lowest BCUT2D eigenvalue weighted by Crippen LogP contribution is -2.06. The Morgan fingerprint density at radius 2 is 1.29 bits per heavy atom. The third-order valence-electron chi connectivity index (χ3n) is 5.52. The van der Waals surface area contributed by atoms with Crippen molar-refractivity contribution in [3.8, 4) is 22.8 Å². The van der Waals surface area contributed by atoms with E-state index in [0.29, 0.717) is 22.6 Å². The van der Waals surface area contributed by atoms with Gasteiger partial charge in [-0.3, -0.25) is 4.79 Å². The summed E-state index contributed by atoms with van der Waals surface area (Å²) in [7, 11) is 0. The van der Waals surface area contributed by atoms with Gasteiger partial charge in [-0.2, -0.15) is 0 Å². The summed E-state index contributed by atoms with van der Waals surface area (Å²) in [5.41, 5.74) is 1.38. The molecule has 4 nitrogen and oxygen atoms in total. The molecule has 174 valence electrons. The van der Waals surface area contributed by atoms with Crippen LogP contribution in [0.4, 0.5) is 8.78 Å². The Morgan fingerprint density at radius 3 is 1.94 bits per heavy atom. The third-order valence-corrected chi connectivity index (χ3v) is 5.52. The van der Waals surface area contributed by atoms with Gasteiger partial charge in [-0.15, -0.1) is 0 Å². The van der Waals surface area contributed by atoms with Gasteiger partial charge in [0, 0.05) is 34.9 Å². The van der Waals surface area contributed by atoms with E-state index in [1.807, 2.05) is 30.3 Å². The molecule has 0 N–H and O–H groups in total. The molecule has 0 saturated carbocycles. The van der Waals surface area contributed by atoms with Crippen LogP contribution in [0.5, 0.6) is 11.5 Å². The van der Waals surface area contributed by atoms with Crippen molar-refractivity contribution < 1.29 is 22.7 Å². The molecule has 6 heteroatoms. The second-order valence-corrected chi connectivity index (χ2v) is 7.90. The lowest BCUT2D eigenvalue weighted by molar-refractivity contribution is 0.286. The molecule has 0 amide bonds. The highest BCUT2D eigenvalue weighted by molar-refractivity contribution is 5.86. The fraction of sp³-hybridized carbons (Fsp3) is 0.0690. The number of fused-ring (bicyclic) bond motifs is 1. The standard InChI is InChI=1S/C29H20F2O4/c30-23-12-6-4-10-20(23)17-33-22-14-27(34-18-21-11-5-7-13-24(21)31)29-25(32)16-26(35-28(29)15-22)19-8-2-1-3-9-19/h1-16H,17-18H2. The molecule has 0 bridgehead atoms. The van der Waals surface area contributed by atoms with Gasteiger partial charge in [0.2, 0.25) is 0 Å². The number of hydrogen-bond acceptors (Lipinski definition) is 4. The van der Waals surface area contributed by atoms with Gasteiger partial charge in [-0.25, -0.2) is 8.78 Å². The maximum atomic E-state index is 14.1. The van der Waals surface area contributed by atoms with Crippen molar-refractivity contribution in [1.82, 2.24) is 0 Å². The largest absolute Gasteiger partial charge is 0.489 e. The molecule has 35 heavy (non-hydrogen) atoms. The minimum Gasteiger partial charge on any atom is -0.489 e. The van der Waals surface area contributed by atoms with Gasteiger partial charge in [-0.1, -0.05) is 66.7 Å². The molecule has 0 aliphatic rings. The van der Waals surface area contributed by atoms with E-state index in [1.165, 1.54) is 24.3 Å². The Morgan fingerprint density at radius 1 is 0.686 bits per heavy atom. The zero-order valence-corrected chi connectivity index (χ0v) is 18.5. The fourth-order valence-corrected chi connectivity index (χ4v) is 3.72. The molecule has 0 unspecified atom stereocenters. The van der Waals surface area contributed by atoms with Gasteiger partial charge in [0.25, 0.3) is 0 Å². The van der Waals surface area contributed by atoms with E-state index in [1.54, 1.807) is 42.5 Å². The summed E-state index contributed by atoms with van der Waals surface area (Å²) in [5.74, 6) is 0.0825. The van der Waals surface area contributed by atoms with Crippen LogP contribution in [0.3, 0.4) is 0 Å². The lowest BCUT2D eigenvalue weighted by atomic mass is 10.1. The van der Waals surface area contributed by atoms with Crippen LogP contribution in [0.25, 0.3) is 22.3 Å². The van der Waals surface area contributed by atoms with Crippen molar-refractivity contribution >= 4 is 11.0 Å². The second kappa shape index (κ2) is 9.81. The summed E-state index contributed by atoms with van der Waals surface area (Å²) in [6.07, 6.45) is 0. The highest BCUT2D eigenvalue weighted by atomic mass is 19.1. The summed E-state index contributed by atoms with van der Waals surface area (Å²) >= 11 is 0. The van der Waals surface area contributed by atoms with Crippen LogP contribution in [-0.4, -0.2) is 0 Å². The normalized spacial score (nSPS) is 10.9. The molecule has 5 rings (SSSR count). The Hall–Kier alpha value is -4.45. The van der Waals surface area contributed by atoms with Crippen molar-refractivity contribution in [2.45, 2.75) is 13.2 Å². The molecule has 0 fully saturated rings. The van der Waals surface area contributed by atoms with Crippen molar-refractivity contribution in [3.05, 3.63) is 130 Å². The van der Waals surface area contributed by atoms with Crippen LogP contribution >= 0.6 is 0 Å². The van der Waals surface area contributed by atoms with Gasteiger partial charge in [-0.05, 0) is 12.1 Å². The first-order valence-electron chi connectivity index (χ1n) is 11.0. The number of ether oxygens (including phenoxy) is 2. The Bertz CT molecular complexity index is 1540. The average Bonchev–Trinajstić information content (AvgIpc) is 2.88. The first kappa shape index (κ1) is 22.3. The van der Waals surface area contributed by atoms with Crippen molar-refractivity contribution in [1.29, 1.82) is 0 Å². The van der Waals surface area contributed by atoms with Gasteiger partial charge < -0.3 is 13.9 Å². The molecule has 1 aromatic heterocycles. The number of hydrogen-bond donors (Lipinski definition) is 0. The third kappa shape index (κ3) is 4.92.